The van der Waals surface area contributed by atoms with E-state index in [9.17, 15) is 15.0 Å². The van der Waals surface area contributed by atoms with Crippen LogP contribution in [0.1, 0.15) is 101 Å². The van der Waals surface area contributed by atoms with Gasteiger partial charge in [-0.2, -0.15) is 0 Å². The van der Waals surface area contributed by atoms with Crippen LogP contribution >= 0.6 is 11.8 Å². The van der Waals surface area contributed by atoms with Crippen LogP contribution in [0.2, 0.25) is 0 Å². The molecule has 2 N–H and O–H groups in total. The van der Waals surface area contributed by atoms with Gasteiger partial charge in [0.2, 0.25) is 0 Å². The third-order valence-corrected chi connectivity index (χ3v) is 7.34. The summed E-state index contributed by atoms with van der Waals surface area (Å²) in [6, 6.07) is 4.19. The Morgan fingerprint density at radius 3 is 2.00 bits per heavy atom. The molecule has 1 unspecified atom stereocenters. The first kappa shape index (κ1) is 19.6. The molecule has 0 amide bonds. The van der Waals surface area contributed by atoms with Gasteiger partial charge in [-0.25, -0.2) is 0 Å². The van der Waals surface area contributed by atoms with Crippen molar-refractivity contribution in [2.24, 2.45) is 0 Å². The predicted molar refractivity (Wildman–Crippen MR) is 107 cm³/mol. The maximum atomic E-state index is 11.7. The summed E-state index contributed by atoms with van der Waals surface area (Å²) in [6.07, 6.45) is 12.1. The second kappa shape index (κ2) is 9.16. The molecule has 144 valence electrons. The highest BCUT2D eigenvalue weighted by molar-refractivity contribution is 8.00. The fourth-order valence-corrected chi connectivity index (χ4v) is 5.71. The largest absolute Gasteiger partial charge is 0.507 e. The zero-order valence-corrected chi connectivity index (χ0v) is 16.7. The van der Waals surface area contributed by atoms with Crippen molar-refractivity contribution < 1.29 is 15.0 Å². The number of aromatic hydroxyl groups is 1. The average Bonchev–Trinajstić information content (AvgIpc) is 3.33. The van der Waals surface area contributed by atoms with Crippen molar-refractivity contribution in [2.75, 3.05) is 0 Å². The Kier molecular flexibility index (Phi) is 6.91. The molecule has 4 heteroatoms. The van der Waals surface area contributed by atoms with Crippen molar-refractivity contribution >= 4 is 17.7 Å². The van der Waals surface area contributed by atoms with Crippen LogP contribution in [0, 0.1) is 0 Å². The summed E-state index contributed by atoms with van der Waals surface area (Å²) in [5, 5.41) is 20.2. The molecule has 2 fully saturated rings. The molecule has 0 spiro atoms. The van der Waals surface area contributed by atoms with Crippen molar-refractivity contribution in [1.29, 1.82) is 0 Å². The zero-order valence-electron chi connectivity index (χ0n) is 15.9. The molecular weight excluding hydrogens is 344 g/mol. The third-order valence-electron chi connectivity index (χ3n) is 6.11. The van der Waals surface area contributed by atoms with E-state index in [1.165, 1.54) is 37.4 Å². The van der Waals surface area contributed by atoms with Crippen LogP contribution in [-0.2, 0) is 4.79 Å². The normalized spacial score (nSPS) is 19.9. The van der Waals surface area contributed by atoms with Gasteiger partial charge >= 0.3 is 5.97 Å². The Morgan fingerprint density at radius 2 is 1.58 bits per heavy atom. The van der Waals surface area contributed by atoms with Gasteiger partial charge in [0.05, 0.1) is 0 Å². The van der Waals surface area contributed by atoms with Crippen LogP contribution < -0.4 is 0 Å². The van der Waals surface area contributed by atoms with E-state index in [1.54, 1.807) is 0 Å². The Bertz CT molecular complexity index is 579. The molecule has 0 heterocycles. The molecule has 3 rings (SSSR count). The Balaban J connectivity index is 1.91. The fourth-order valence-electron chi connectivity index (χ4n) is 4.60. The molecule has 1 atom stereocenters. The van der Waals surface area contributed by atoms with Crippen LogP contribution in [0.15, 0.2) is 17.0 Å². The number of unbranched alkanes of at least 4 members (excludes halogenated alkanes) is 1. The minimum Gasteiger partial charge on any atom is -0.507 e. The van der Waals surface area contributed by atoms with Crippen LogP contribution in [0.3, 0.4) is 0 Å². The van der Waals surface area contributed by atoms with Gasteiger partial charge in [-0.1, -0.05) is 45.4 Å². The maximum absolute atomic E-state index is 11.7. The van der Waals surface area contributed by atoms with Crippen molar-refractivity contribution in [3.05, 3.63) is 23.3 Å². The fraction of sp³-hybridized carbons (Fsp3) is 0.682. The second-order valence-corrected chi connectivity index (χ2v) is 9.28. The number of carbonyl (C=O) groups is 1. The first-order valence-electron chi connectivity index (χ1n) is 10.4. The second-order valence-electron chi connectivity index (χ2n) is 8.00. The van der Waals surface area contributed by atoms with Gasteiger partial charge in [-0.05, 0) is 67.2 Å². The van der Waals surface area contributed by atoms with Crippen molar-refractivity contribution in [2.45, 2.75) is 99.5 Å². The van der Waals surface area contributed by atoms with Crippen molar-refractivity contribution in [3.63, 3.8) is 0 Å². The van der Waals surface area contributed by atoms with Gasteiger partial charge in [0.25, 0.3) is 0 Å². The van der Waals surface area contributed by atoms with Gasteiger partial charge in [0.15, 0.2) is 0 Å². The summed E-state index contributed by atoms with van der Waals surface area (Å²) in [4.78, 5) is 12.7. The van der Waals surface area contributed by atoms with Gasteiger partial charge in [-0.3, -0.25) is 4.79 Å². The summed E-state index contributed by atoms with van der Waals surface area (Å²) in [6.45, 7) is 2.10. The average molecular weight is 377 g/mol. The number of carboxylic acids is 1. The van der Waals surface area contributed by atoms with Crippen LogP contribution in [-0.4, -0.2) is 21.4 Å². The number of rotatable bonds is 8. The molecule has 0 bridgehead atoms. The number of phenols is 1. The topological polar surface area (TPSA) is 57.5 Å². The molecular formula is C22H32O3S. The van der Waals surface area contributed by atoms with Crippen molar-refractivity contribution in [1.82, 2.24) is 0 Å². The summed E-state index contributed by atoms with van der Waals surface area (Å²) in [5.41, 5.74) is 2.16. The van der Waals surface area contributed by atoms with Gasteiger partial charge in [0.1, 0.15) is 11.0 Å². The SMILES string of the molecule is CCCCC(Sc1cc(C2CCCC2)c(O)c(C2CCCC2)c1)C(=O)O. The summed E-state index contributed by atoms with van der Waals surface area (Å²) >= 11 is 1.48. The summed E-state index contributed by atoms with van der Waals surface area (Å²) in [7, 11) is 0. The van der Waals surface area contributed by atoms with Gasteiger partial charge < -0.3 is 10.2 Å². The molecule has 0 aromatic heterocycles. The van der Waals surface area contributed by atoms with E-state index >= 15 is 0 Å². The lowest BCUT2D eigenvalue weighted by molar-refractivity contribution is -0.136. The van der Waals surface area contributed by atoms with Crippen LogP contribution in [0.5, 0.6) is 5.75 Å². The van der Waals surface area contributed by atoms with Crippen LogP contribution in [0.4, 0.5) is 0 Å². The predicted octanol–water partition coefficient (Wildman–Crippen LogP) is 6.44. The Labute approximate surface area is 161 Å². The lowest BCUT2D eigenvalue weighted by Gasteiger charge is -2.21. The lowest BCUT2D eigenvalue weighted by atomic mass is 9.89. The molecule has 3 nitrogen and oxygen atoms in total. The third kappa shape index (κ3) is 4.57. The number of hydrogen-bond donors (Lipinski definition) is 2. The van der Waals surface area contributed by atoms with E-state index in [2.05, 4.69) is 19.1 Å². The number of phenolic OH excluding ortho intramolecular Hbond substituents is 1. The van der Waals surface area contributed by atoms with E-state index in [4.69, 9.17) is 0 Å². The molecule has 1 aromatic carbocycles. The quantitative estimate of drug-likeness (QED) is 0.512. The number of carboxylic acid groups (broad SMARTS) is 1. The number of hydrogen-bond acceptors (Lipinski definition) is 3. The van der Waals surface area contributed by atoms with E-state index < -0.39 is 11.2 Å². The minimum absolute atomic E-state index is 0.396. The van der Waals surface area contributed by atoms with Gasteiger partial charge in [0, 0.05) is 4.90 Å². The summed E-state index contributed by atoms with van der Waals surface area (Å²) < 4.78 is 0. The van der Waals surface area contributed by atoms with E-state index in [0.717, 1.165) is 54.5 Å². The monoisotopic (exact) mass is 376 g/mol. The minimum atomic E-state index is -0.721. The molecule has 0 aliphatic heterocycles. The number of benzene rings is 1. The van der Waals surface area contributed by atoms with Gasteiger partial charge in [-0.15, -0.1) is 11.8 Å². The zero-order chi connectivity index (χ0) is 18.5. The molecule has 2 aliphatic rings. The highest BCUT2D eigenvalue weighted by Crippen LogP contribution is 2.47. The Morgan fingerprint density at radius 1 is 1.08 bits per heavy atom. The Hall–Kier alpha value is -1.16. The summed E-state index contributed by atoms with van der Waals surface area (Å²) in [5.74, 6) is 0.666. The van der Waals surface area contributed by atoms with Crippen molar-refractivity contribution in [3.8, 4) is 5.75 Å². The number of thioether (sulfide) groups is 1. The molecule has 2 saturated carbocycles. The smallest absolute Gasteiger partial charge is 0.316 e. The number of aliphatic carboxylic acids is 1. The highest BCUT2D eigenvalue weighted by Gasteiger charge is 2.28. The standard InChI is InChI=1S/C22H32O3S/c1-2-3-12-20(22(24)25)26-17-13-18(15-8-4-5-9-15)21(23)19(14-17)16-10-6-7-11-16/h13-16,20,23H,2-12H2,1H3,(H,24,25). The molecule has 0 radical (unpaired) electrons. The van der Waals surface area contributed by atoms with Crippen LogP contribution in [0.25, 0.3) is 0 Å². The maximum Gasteiger partial charge on any atom is 0.316 e. The van der Waals surface area contributed by atoms with E-state index in [0.29, 0.717) is 24.0 Å². The highest BCUT2D eigenvalue weighted by atomic mass is 32.2. The molecule has 26 heavy (non-hydrogen) atoms. The molecule has 0 saturated heterocycles. The molecule has 1 aromatic rings. The first-order chi connectivity index (χ1) is 12.6. The van der Waals surface area contributed by atoms with E-state index in [-0.39, 0.29) is 0 Å². The molecule has 2 aliphatic carbocycles. The first-order valence-corrected chi connectivity index (χ1v) is 11.2. The van der Waals surface area contributed by atoms with E-state index in [1.807, 2.05) is 0 Å². The lowest BCUT2D eigenvalue weighted by Crippen LogP contribution is -2.16.